The van der Waals surface area contributed by atoms with Crippen LogP contribution in [0.2, 0.25) is 4.47 Å². The highest BCUT2D eigenvalue weighted by molar-refractivity contribution is 7.94. The molecule has 0 bridgehead atoms. The first kappa shape index (κ1) is 14.8. The van der Waals surface area contributed by atoms with Gasteiger partial charge in [-0.3, -0.25) is 9.52 Å². The monoisotopic (exact) mass is 331 g/mol. The molecular weight excluding hydrogens is 322 g/mol. The van der Waals surface area contributed by atoms with Crippen molar-refractivity contribution in [2.75, 3.05) is 4.72 Å². The summed E-state index contributed by atoms with van der Waals surface area (Å²) in [7, 11) is -3.75. The highest BCUT2D eigenvalue weighted by Gasteiger charge is 2.21. The summed E-state index contributed by atoms with van der Waals surface area (Å²) in [5.41, 5.74) is 6.06. The molecule has 0 unspecified atom stereocenters. The first-order valence-electron chi connectivity index (χ1n) is 5.35. The number of carbonyl (C=O) groups is 1. The number of nitrogens with two attached hydrogens (primary N) is 1. The molecule has 6 nitrogen and oxygen atoms in total. The van der Waals surface area contributed by atoms with Gasteiger partial charge in [-0.25, -0.2) is 13.4 Å². The lowest BCUT2D eigenvalue weighted by atomic mass is 10.2. The van der Waals surface area contributed by atoms with Crippen LogP contribution in [-0.4, -0.2) is 19.3 Å². The molecule has 0 atom stereocenters. The first-order chi connectivity index (χ1) is 9.29. The number of thiazole rings is 1. The molecule has 1 aromatic heterocycles. The average molecular weight is 332 g/mol. The van der Waals surface area contributed by atoms with E-state index in [2.05, 4.69) is 9.71 Å². The quantitative estimate of drug-likeness (QED) is 0.894. The number of anilines is 1. The highest BCUT2D eigenvalue weighted by atomic mass is 35.5. The molecular formula is C11H10ClN3O3S2. The molecule has 2 aromatic rings. The van der Waals surface area contributed by atoms with Crippen LogP contribution in [0.4, 0.5) is 5.69 Å². The second-order valence-corrected chi connectivity index (χ2v) is 7.35. The van der Waals surface area contributed by atoms with Crippen LogP contribution in [0.1, 0.15) is 16.1 Å². The van der Waals surface area contributed by atoms with Crippen molar-refractivity contribution >= 4 is 44.6 Å². The molecule has 0 aliphatic rings. The van der Waals surface area contributed by atoms with Gasteiger partial charge < -0.3 is 5.73 Å². The van der Waals surface area contributed by atoms with Crippen molar-refractivity contribution in [3.05, 3.63) is 40.0 Å². The second-order valence-electron chi connectivity index (χ2n) is 3.89. The Morgan fingerprint density at radius 1 is 1.35 bits per heavy atom. The number of benzene rings is 1. The van der Waals surface area contributed by atoms with Crippen LogP contribution in [0, 0.1) is 6.92 Å². The van der Waals surface area contributed by atoms with Gasteiger partial charge in [0.05, 0.1) is 5.69 Å². The van der Waals surface area contributed by atoms with Gasteiger partial charge in [-0.05, 0) is 31.2 Å². The average Bonchev–Trinajstić information content (AvgIpc) is 2.69. The highest BCUT2D eigenvalue weighted by Crippen LogP contribution is 2.28. The Labute approximate surface area is 124 Å². The number of nitrogens with one attached hydrogen (secondary N) is 1. The summed E-state index contributed by atoms with van der Waals surface area (Å²) >= 11 is 6.57. The van der Waals surface area contributed by atoms with Gasteiger partial charge in [-0.1, -0.05) is 22.9 Å². The predicted octanol–water partition coefficient (Wildman–Crippen LogP) is 2.00. The molecule has 106 valence electrons. The van der Waals surface area contributed by atoms with E-state index in [0.29, 0.717) is 16.9 Å². The summed E-state index contributed by atoms with van der Waals surface area (Å²) < 4.78 is 26.9. The predicted molar refractivity (Wildman–Crippen MR) is 77.6 cm³/mol. The van der Waals surface area contributed by atoms with E-state index in [4.69, 9.17) is 17.3 Å². The number of nitrogens with zero attached hydrogens (tertiary/aromatic N) is 1. The Morgan fingerprint density at radius 2 is 1.95 bits per heavy atom. The molecule has 0 saturated carbocycles. The lowest BCUT2D eigenvalue weighted by Crippen LogP contribution is -2.14. The van der Waals surface area contributed by atoms with Gasteiger partial charge >= 0.3 is 0 Å². The molecule has 2 rings (SSSR count). The molecule has 1 heterocycles. The number of aromatic nitrogens is 1. The fourth-order valence-electron chi connectivity index (χ4n) is 1.50. The number of hydrogen-bond donors (Lipinski definition) is 2. The van der Waals surface area contributed by atoms with Crippen LogP contribution in [0.5, 0.6) is 0 Å². The number of carbonyl (C=O) groups excluding carboxylic acids is 1. The van der Waals surface area contributed by atoms with Crippen molar-refractivity contribution in [3.8, 4) is 0 Å². The lowest BCUT2D eigenvalue weighted by Gasteiger charge is -2.07. The van der Waals surface area contributed by atoms with Gasteiger partial charge in [0.2, 0.25) is 5.91 Å². The molecule has 20 heavy (non-hydrogen) atoms. The van der Waals surface area contributed by atoms with E-state index in [0.717, 1.165) is 11.3 Å². The molecule has 0 spiro atoms. The smallest absolute Gasteiger partial charge is 0.273 e. The number of halogens is 1. The van der Waals surface area contributed by atoms with Crippen molar-refractivity contribution < 1.29 is 13.2 Å². The minimum Gasteiger partial charge on any atom is -0.366 e. The molecule has 0 aliphatic heterocycles. The zero-order chi connectivity index (χ0) is 14.9. The van der Waals surface area contributed by atoms with E-state index in [1.165, 1.54) is 24.3 Å². The minimum atomic E-state index is -3.75. The normalized spacial score (nSPS) is 11.3. The first-order valence-corrected chi connectivity index (χ1v) is 8.03. The van der Waals surface area contributed by atoms with E-state index < -0.39 is 15.9 Å². The number of primary amides is 1. The maximum absolute atomic E-state index is 12.2. The summed E-state index contributed by atoms with van der Waals surface area (Å²) in [6.45, 7) is 1.56. The van der Waals surface area contributed by atoms with Gasteiger partial charge in [0.25, 0.3) is 10.0 Å². The largest absolute Gasteiger partial charge is 0.366 e. The molecule has 3 N–H and O–H groups in total. The van der Waals surface area contributed by atoms with Crippen LogP contribution in [0.15, 0.2) is 28.5 Å². The van der Waals surface area contributed by atoms with Gasteiger partial charge in [0, 0.05) is 11.3 Å². The van der Waals surface area contributed by atoms with Gasteiger partial charge in [-0.2, -0.15) is 0 Å². The van der Waals surface area contributed by atoms with Crippen molar-refractivity contribution in [1.29, 1.82) is 0 Å². The van der Waals surface area contributed by atoms with Crippen molar-refractivity contribution in [2.24, 2.45) is 5.73 Å². The van der Waals surface area contributed by atoms with Crippen LogP contribution < -0.4 is 10.5 Å². The molecule has 0 saturated heterocycles. The van der Waals surface area contributed by atoms with Crippen molar-refractivity contribution in [3.63, 3.8) is 0 Å². The number of amides is 1. The third-order valence-corrected chi connectivity index (χ3v) is 5.65. The zero-order valence-corrected chi connectivity index (χ0v) is 12.6. The van der Waals surface area contributed by atoms with E-state index in [9.17, 15) is 13.2 Å². The third-order valence-electron chi connectivity index (χ3n) is 2.39. The molecule has 0 fully saturated rings. The maximum Gasteiger partial charge on any atom is 0.273 e. The molecule has 1 aromatic carbocycles. The Kier molecular flexibility index (Phi) is 3.98. The molecule has 0 aliphatic carbocycles. The number of rotatable bonds is 4. The van der Waals surface area contributed by atoms with Crippen LogP contribution in [0.3, 0.4) is 0 Å². The summed E-state index contributed by atoms with van der Waals surface area (Å²) in [4.78, 5) is 14.8. The maximum atomic E-state index is 12.2. The van der Waals surface area contributed by atoms with E-state index in [-0.39, 0.29) is 8.68 Å². The van der Waals surface area contributed by atoms with E-state index in [1.54, 1.807) is 6.92 Å². The summed E-state index contributed by atoms with van der Waals surface area (Å²) in [5, 5.41) is 0. The third kappa shape index (κ3) is 3.09. The topological polar surface area (TPSA) is 102 Å². The molecule has 9 heteroatoms. The summed E-state index contributed by atoms with van der Waals surface area (Å²) in [5.74, 6) is -0.579. The van der Waals surface area contributed by atoms with Crippen molar-refractivity contribution in [2.45, 2.75) is 11.1 Å². The van der Waals surface area contributed by atoms with Crippen LogP contribution in [0.25, 0.3) is 0 Å². The van der Waals surface area contributed by atoms with E-state index in [1.807, 2.05) is 0 Å². The number of hydrogen-bond acceptors (Lipinski definition) is 5. The standard InChI is InChI=1S/C11H10ClN3O3S2/c1-6-10(19-11(12)14-6)20(17,18)15-8-4-2-7(3-5-8)9(13)16/h2-5,15H,1H3,(H2,13,16). The molecule has 1 amide bonds. The van der Waals surface area contributed by atoms with Gasteiger partial charge in [0.1, 0.15) is 0 Å². The summed E-state index contributed by atoms with van der Waals surface area (Å²) in [6, 6.07) is 5.78. The van der Waals surface area contributed by atoms with Crippen LogP contribution in [-0.2, 0) is 10.0 Å². The van der Waals surface area contributed by atoms with Gasteiger partial charge in [0.15, 0.2) is 8.68 Å². The minimum absolute atomic E-state index is 0.0569. The fourth-order valence-corrected chi connectivity index (χ4v) is 4.30. The summed E-state index contributed by atoms with van der Waals surface area (Å²) in [6.07, 6.45) is 0. The number of sulfonamides is 1. The second kappa shape index (κ2) is 5.39. The Bertz CT molecular complexity index is 754. The van der Waals surface area contributed by atoms with E-state index >= 15 is 0 Å². The number of aryl methyl sites for hydroxylation is 1. The Balaban J connectivity index is 2.28. The lowest BCUT2D eigenvalue weighted by molar-refractivity contribution is 0.100. The van der Waals surface area contributed by atoms with Gasteiger partial charge in [-0.15, -0.1) is 0 Å². The molecule has 0 radical (unpaired) electrons. The Morgan fingerprint density at radius 3 is 2.40 bits per heavy atom. The Hall–Kier alpha value is -1.64. The SMILES string of the molecule is Cc1nc(Cl)sc1S(=O)(=O)Nc1ccc(C(N)=O)cc1. The fraction of sp³-hybridized carbons (Fsp3) is 0.0909. The zero-order valence-electron chi connectivity index (χ0n) is 10.3. The van der Waals surface area contributed by atoms with Crippen LogP contribution >= 0.6 is 22.9 Å². The van der Waals surface area contributed by atoms with Crippen molar-refractivity contribution in [1.82, 2.24) is 4.98 Å².